The molecule has 0 aliphatic carbocycles. The van der Waals surface area contributed by atoms with E-state index in [0.29, 0.717) is 13.1 Å². The summed E-state index contributed by atoms with van der Waals surface area (Å²) in [5, 5.41) is 0. The number of piperidine rings is 1. The first-order valence-corrected chi connectivity index (χ1v) is 5.68. The number of anilines is 1. The zero-order valence-electron chi connectivity index (χ0n) is 9.76. The molecule has 1 fully saturated rings. The average molecular weight is 225 g/mol. The van der Waals surface area contributed by atoms with Gasteiger partial charge >= 0.3 is 0 Å². The number of hydrogen-bond donors (Lipinski definition) is 0. The second-order valence-corrected chi connectivity index (χ2v) is 4.63. The van der Waals surface area contributed by atoms with Gasteiger partial charge in [0, 0.05) is 31.6 Å². The van der Waals surface area contributed by atoms with Crippen LogP contribution in [-0.2, 0) is 0 Å². The molecule has 0 aromatic heterocycles. The highest BCUT2D eigenvalue weighted by atomic mass is 19.3. The lowest BCUT2D eigenvalue weighted by atomic mass is 10.0. The molecule has 0 spiro atoms. The van der Waals surface area contributed by atoms with Gasteiger partial charge in [0.05, 0.1) is 0 Å². The summed E-state index contributed by atoms with van der Waals surface area (Å²) in [7, 11) is 0. The minimum Gasteiger partial charge on any atom is -0.371 e. The highest BCUT2D eigenvalue weighted by Crippen LogP contribution is 2.32. The summed E-state index contributed by atoms with van der Waals surface area (Å²) in [6.45, 7) is 4.97. The van der Waals surface area contributed by atoms with Crippen LogP contribution in [0.1, 0.15) is 24.0 Å². The summed E-state index contributed by atoms with van der Waals surface area (Å²) in [5.41, 5.74) is 3.45. The van der Waals surface area contributed by atoms with E-state index in [2.05, 4.69) is 23.1 Å². The van der Waals surface area contributed by atoms with Crippen molar-refractivity contribution in [3.05, 3.63) is 29.3 Å². The zero-order valence-corrected chi connectivity index (χ0v) is 9.76. The lowest BCUT2D eigenvalue weighted by Crippen LogP contribution is -2.39. The van der Waals surface area contributed by atoms with Gasteiger partial charge in [0.25, 0.3) is 5.92 Å². The Morgan fingerprint density at radius 1 is 1.12 bits per heavy atom. The lowest BCUT2D eigenvalue weighted by Gasteiger charge is -2.34. The van der Waals surface area contributed by atoms with Gasteiger partial charge in [-0.25, -0.2) is 8.78 Å². The number of halogens is 2. The zero-order chi connectivity index (χ0) is 11.8. The topological polar surface area (TPSA) is 3.24 Å². The quantitative estimate of drug-likeness (QED) is 0.706. The van der Waals surface area contributed by atoms with Crippen LogP contribution in [0, 0.1) is 13.8 Å². The molecule has 2 rings (SSSR count). The Labute approximate surface area is 95.1 Å². The first kappa shape index (κ1) is 11.4. The maximum absolute atomic E-state index is 13.0. The number of alkyl halides is 2. The molecule has 1 aromatic rings. The minimum absolute atomic E-state index is 0.0274. The fourth-order valence-corrected chi connectivity index (χ4v) is 2.13. The summed E-state index contributed by atoms with van der Waals surface area (Å²) in [6, 6.07) is 6.19. The number of hydrogen-bond acceptors (Lipinski definition) is 1. The molecule has 88 valence electrons. The van der Waals surface area contributed by atoms with Gasteiger partial charge < -0.3 is 4.90 Å². The first-order valence-electron chi connectivity index (χ1n) is 5.68. The molecule has 0 N–H and O–H groups in total. The van der Waals surface area contributed by atoms with E-state index >= 15 is 0 Å². The molecule has 1 heterocycles. The Balaban J connectivity index is 2.17. The Morgan fingerprint density at radius 3 is 2.38 bits per heavy atom. The van der Waals surface area contributed by atoms with Crippen molar-refractivity contribution in [3.63, 3.8) is 0 Å². The minimum atomic E-state index is -2.46. The van der Waals surface area contributed by atoms with Gasteiger partial charge in [-0.2, -0.15) is 0 Å². The van der Waals surface area contributed by atoms with Crippen LogP contribution in [0.15, 0.2) is 18.2 Å². The molecular weight excluding hydrogens is 208 g/mol. The highest BCUT2D eigenvalue weighted by molar-refractivity contribution is 5.55. The normalized spacial score (nSPS) is 19.9. The van der Waals surface area contributed by atoms with Gasteiger partial charge in [-0.05, 0) is 31.0 Å². The monoisotopic (exact) mass is 225 g/mol. The van der Waals surface area contributed by atoms with Crippen molar-refractivity contribution in [2.24, 2.45) is 0 Å². The standard InChI is InChI=1S/C13H17F2N/c1-10-3-4-11(2)12(9-10)16-7-5-13(14,15)6-8-16/h3-4,9H,5-8H2,1-2H3. The molecule has 0 bridgehead atoms. The summed E-state index contributed by atoms with van der Waals surface area (Å²) in [6.07, 6.45) is -0.0548. The molecule has 0 saturated carbocycles. The molecule has 0 atom stereocenters. The number of aryl methyl sites for hydroxylation is 2. The first-order chi connectivity index (χ1) is 7.48. The molecule has 0 amide bonds. The molecule has 1 aromatic carbocycles. The summed E-state index contributed by atoms with van der Waals surface area (Å²) in [4.78, 5) is 2.07. The fraction of sp³-hybridized carbons (Fsp3) is 0.538. The molecule has 16 heavy (non-hydrogen) atoms. The molecular formula is C13H17F2N. The van der Waals surface area contributed by atoms with Crippen LogP contribution >= 0.6 is 0 Å². The summed E-state index contributed by atoms with van der Waals surface area (Å²) < 4.78 is 26.1. The van der Waals surface area contributed by atoms with Gasteiger partial charge in [0.1, 0.15) is 0 Å². The van der Waals surface area contributed by atoms with Crippen molar-refractivity contribution in [2.75, 3.05) is 18.0 Å². The van der Waals surface area contributed by atoms with Gasteiger partial charge in [0.15, 0.2) is 0 Å². The smallest absolute Gasteiger partial charge is 0.251 e. The van der Waals surface area contributed by atoms with Crippen molar-refractivity contribution in [2.45, 2.75) is 32.6 Å². The summed E-state index contributed by atoms with van der Waals surface area (Å²) >= 11 is 0. The van der Waals surface area contributed by atoms with E-state index in [1.165, 1.54) is 5.56 Å². The largest absolute Gasteiger partial charge is 0.371 e. The van der Waals surface area contributed by atoms with Crippen LogP contribution in [0.2, 0.25) is 0 Å². The molecule has 1 aliphatic rings. The summed E-state index contributed by atoms with van der Waals surface area (Å²) in [5.74, 6) is -2.46. The number of rotatable bonds is 1. The van der Waals surface area contributed by atoms with Crippen LogP contribution in [0.4, 0.5) is 14.5 Å². The number of benzene rings is 1. The Kier molecular flexibility index (Phi) is 2.87. The SMILES string of the molecule is Cc1ccc(C)c(N2CCC(F)(F)CC2)c1. The van der Waals surface area contributed by atoms with Crippen molar-refractivity contribution in [3.8, 4) is 0 Å². The predicted octanol–water partition coefficient (Wildman–Crippen LogP) is 3.54. The van der Waals surface area contributed by atoms with Crippen LogP contribution in [-0.4, -0.2) is 19.0 Å². The second-order valence-electron chi connectivity index (χ2n) is 4.63. The van der Waals surface area contributed by atoms with E-state index in [4.69, 9.17) is 0 Å². The average Bonchev–Trinajstić information content (AvgIpc) is 2.22. The Bertz CT molecular complexity index is 378. The maximum Gasteiger partial charge on any atom is 0.251 e. The van der Waals surface area contributed by atoms with Crippen LogP contribution in [0.5, 0.6) is 0 Å². The van der Waals surface area contributed by atoms with Crippen molar-refractivity contribution in [1.82, 2.24) is 0 Å². The molecule has 3 heteroatoms. The third kappa shape index (κ3) is 2.34. The Morgan fingerprint density at radius 2 is 1.75 bits per heavy atom. The van der Waals surface area contributed by atoms with Crippen molar-refractivity contribution in [1.29, 1.82) is 0 Å². The van der Waals surface area contributed by atoms with Crippen LogP contribution < -0.4 is 4.90 Å². The lowest BCUT2D eigenvalue weighted by molar-refractivity contribution is -0.0220. The van der Waals surface area contributed by atoms with Gasteiger partial charge in [0.2, 0.25) is 0 Å². The molecule has 1 saturated heterocycles. The van der Waals surface area contributed by atoms with Crippen molar-refractivity contribution < 1.29 is 8.78 Å². The second kappa shape index (κ2) is 4.04. The van der Waals surface area contributed by atoms with E-state index in [1.807, 2.05) is 13.8 Å². The van der Waals surface area contributed by atoms with E-state index in [0.717, 1.165) is 11.3 Å². The maximum atomic E-state index is 13.0. The third-order valence-electron chi connectivity index (χ3n) is 3.20. The Hall–Kier alpha value is -1.12. The third-order valence-corrected chi connectivity index (χ3v) is 3.20. The molecule has 0 radical (unpaired) electrons. The van der Waals surface area contributed by atoms with E-state index in [9.17, 15) is 8.78 Å². The fourth-order valence-electron chi connectivity index (χ4n) is 2.13. The van der Waals surface area contributed by atoms with Gasteiger partial charge in [-0.3, -0.25) is 0 Å². The highest BCUT2D eigenvalue weighted by Gasteiger charge is 2.34. The van der Waals surface area contributed by atoms with Crippen molar-refractivity contribution >= 4 is 5.69 Å². The molecule has 1 aliphatic heterocycles. The van der Waals surface area contributed by atoms with Crippen LogP contribution in [0.3, 0.4) is 0 Å². The van der Waals surface area contributed by atoms with Gasteiger partial charge in [-0.15, -0.1) is 0 Å². The van der Waals surface area contributed by atoms with Crippen LogP contribution in [0.25, 0.3) is 0 Å². The van der Waals surface area contributed by atoms with E-state index in [-0.39, 0.29) is 12.8 Å². The molecule has 0 unspecified atom stereocenters. The van der Waals surface area contributed by atoms with Gasteiger partial charge in [-0.1, -0.05) is 12.1 Å². The predicted molar refractivity (Wildman–Crippen MR) is 62.3 cm³/mol. The number of nitrogens with zero attached hydrogens (tertiary/aromatic N) is 1. The van der Waals surface area contributed by atoms with E-state index in [1.54, 1.807) is 0 Å². The molecule has 1 nitrogen and oxygen atoms in total. The van der Waals surface area contributed by atoms with E-state index < -0.39 is 5.92 Å².